The second kappa shape index (κ2) is 6.78. The van der Waals surface area contributed by atoms with Crippen LogP contribution in [0.25, 0.3) is 0 Å². The summed E-state index contributed by atoms with van der Waals surface area (Å²) in [5.41, 5.74) is 2.46. The summed E-state index contributed by atoms with van der Waals surface area (Å²) < 4.78 is 16.3. The van der Waals surface area contributed by atoms with Crippen molar-refractivity contribution in [1.29, 1.82) is 0 Å². The first-order valence-electron chi connectivity index (χ1n) is 6.75. The maximum absolute atomic E-state index is 5.53. The van der Waals surface area contributed by atoms with Gasteiger partial charge in [0.05, 0.1) is 20.8 Å². The summed E-state index contributed by atoms with van der Waals surface area (Å²) in [6, 6.07) is 4.15. The molecular formula is C15H23NO3. The summed E-state index contributed by atoms with van der Waals surface area (Å²) >= 11 is 0. The van der Waals surface area contributed by atoms with Crippen LogP contribution in [0.1, 0.15) is 29.9 Å². The Morgan fingerprint density at radius 2 is 1.84 bits per heavy atom. The number of rotatable bonds is 5. The van der Waals surface area contributed by atoms with Gasteiger partial charge in [0, 0.05) is 12.7 Å². The van der Waals surface area contributed by atoms with Gasteiger partial charge in [0.2, 0.25) is 0 Å². The fourth-order valence-electron chi connectivity index (χ4n) is 2.81. The third-order valence-corrected chi connectivity index (χ3v) is 3.75. The minimum atomic E-state index is 0.555. The molecule has 0 radical (unpaired) electrons. The molecule has 0 unspecified atom stereocenters. The Labute approximate surface area is 115 Å². The van der Waals surface area contributed by atoms with Crippen molar-refractivity contribution in [3.63, 3.8) is 0 Å². The van der Waals surface area contributed by atoms with Gasteiger partial charge in [0.15, 0.2) is 11.5 Å². The van der Waals surface area contributed by atoms with Crippen molar-refractivity contribution >= 4 is 0 Å². The van der Waals surface area contributed by atoms with Gasteiger partial charge in [-0.25, -0.2) is 0 Å². The summed E-state index contributed by atoms with van der Waals surface area (Å²) in [4.78, 5) is 0. The van der Waals surface area contributed by atoms with Crippen LogP contribution in [0, 0.1) is 0 Å². The molecule has 1 N–H and O–H groups in total. The number of nitrogens with one attached hydrogen (secondary N) is 1. The fraction of sp³-hybridized carbons (Fsp3) is 0.600. The van der Waals surface area contributed by atoms with E-state index in [-0.39, 0.29) is 0 Å². The lowest BCUT2D eigenvalue weighted by Crippen LogP contribution is -2.27. The van der Waals surface area contributed by atoms with Gasteiger partial charge < -0.3 is 19.5 Å². The van der Waals surface area contributed by atoms with Gasteiger partial charge in [-0.15, -0.1) is 0 Å². The van der Waals surface area contributed by atoms with E-state index in [2.05, 4.69) is 11.4 Å². The van der Waals surface area contributed by atoms with E-state index in [1.165, 1.54) is 5.56 Å². The number of ether oxygens (including phenoxy) is 3. The summed E-state index contributed by atoms with van der Waals surface area (Å²) in [6.45, 7) is 2.70. The highest BCUT2D eigenvalue weighted by atomic mass is 16.5. The van der Waals surface area contributed by atoms with Crippen molar-refractivity contribution in [3.8, 4) is 11.5 Å². The van der Waals surface area contributed by atoms with Gasteiger partial charge in [0.1, 0.15) is 0 Å². The van der Waals surface area contributed by atoms with E-state index in [9.17, 15) is 0 Å². The number of hydrogen-bond acceptors (Lipinski definition) is 4. The van der Waals surface area contributed by atoms with Crippen molar-refractivity contribution < 1.29 is 14.2 Å². The van der Waals surface area contributed by atoms with Gasteiger partial charge >= 0.3 is 0 Å². The molecular weight excluding hydrogens is 242 g/mol. The molecule has 0 spiro atoms. The Hall–Kier alpha value is -1.26. The molecule has 1 fully saturated rings. The van der Waals surface area contributed by atoms with Crippen molar-refractivity contribution in [2.45, 2.75) is 25.4 Å². The minimum absolute atomic E-state index is 0.555. The lowest BCUT2D eigenvalue weighted by molar-refractivity contribution is 0.179. The molecule has 0 atom stereocenters. The van der Waals surface area contributed by atoms with E-state index >= 15 is 0 Å². The standard InChI is InChI=1S/C15H23NO3/c1-17-10-13-12(11-6-8-16-9-7-11)4-5-14(18-2)15(13)19-3/h4-5,11,16H,6-10H2,1-3H3. The summed E-state index contributed by atoms with van der Waals surface area (Å²) in [5, 5.41) is 3.40. The Bertz CT molecular complexity index is 414. The van der Waals surface area contributed by atoms with E-state index < -0.39 is 0 Å². The van der Waals surface area contributed by atoms with Crippen LogP contribution in [-0.4, -0.2) is 34.4 Å². The van der Waals surface area contributed by atoms with Gasteiger partial charge in [-0.3, -0.25) is 0 Å². The first-order valence-corrected chi connectivity index (χ1v) is 6.75. The molecule has 0 amide bonds. The van der Waals surface area contributed by atoms with E-state index in [1.54, 1.807) is 21.3 Å². The van der Waals surface area contributed by atoms with Crippen molar-refractivity contribution in [3.05, 3.63) is 23.3 Å². The SMILES string of the molecule is COCc1c(C2CCNCC2)ccc(OC)c1OC. The largest absolute Gasteiger partial charge is 0.493 e. The number of hydrogen-bond donors (Lipinski definition) is 1. The zero-order valence-electron chi connectivity index (χ0n) is 12.0. The van der Waals surface area contributed by atoms with E-state index in [4.69, 9.17) is 14.2 Å². The maximum Gasteiger partial charge on any atom is 0.166 e. The van der Waals surface area contributed by atoms with Crippen LogP contribution in [0.3, 0.4) is 0 Å². The number of methoxy groups -OCH3 is 3. The number of piperidine rings is 1. The molecule has 1 aromatic carbocycles. The Morgan fingerprint density at radius 1 is 1.11 bits per heavy atom. The quantitative estimate of drug-likeness (QED) is 0.887. The zero-order chi connectivity index (χ0) is 13.7. The first-order chi connectivity index (χ1) is 9.31. The molecule has 1 aliphatic heterocycles. The van der Waals surface area contributed by atoms with Crippen molar-refractivity contribution in [2.24, 2.45) is 0 Å². The van der Waals surface area contributed by atoms with Gasteiger partial charge in [-0.1, -0.05) is 6.07 Å². The third-order valence-electron chi connectivity index (χ3n) is 3.75. The van der Waals surface area contributed by atoms with Crippen LogP contribution in [0.15, 0.2) is 12.1 Å². The third kappa shape index (κ3) is 3.01. The molecule has 2 rings (SSSR count). The molecule has 19 heavy (non-hydrogen) atoms. The van der Waals surface area contributed by atoms with Crippen LogP contribution in [0.4, 0.5) is 0 Å². The monoisotopic (exact) mass is 265 g/mol. The predicted octanol–water partition coefficient (Wildman–Crippen LogP) is 2.32. The molecule has 1 saturated heterocycles. The van der Waals surface area contributed by atoms with Crippen LogP contribution < -0.4 is 14.8 Å². The van der Waals surface area contributed by atoms with Crippen molar-refractivity contribution in [1.82, 2.24) is 5.32 Å². The highest BCUT2D eigenvalue weighted by Crippen LogP contribution is 2.39. The Morgan fingerprint density at radius 3 is 2.42 bits per heavy atom. The molecule has 0 aromatic heterocycles. The topological polar surface area (TPSA) is 39.7 Å². The Balaban J connectivity index is 2.40. The molecule has 106 valence electrons. The minimum Gasteiger partial charge on any atom is -0.493 e. The van der Waals surface area contributed by atoms with E-state index in [0.29, 0.717) is 12.5 Å². The smallest absolute Gasteiger partial charge is 0.166 e. The lowest BCUT2D eigenvalue weighted by atomic mass is 9.86. The van der Waals surface area contributed by atoms with Crippen LogP contribution in [0.5, 0.6) is 11.5 Å². The average Bonchev–Trinajstić information content (AvgIpc) is 2.48. The molecule has 0 aliphatic carbocycles. The zero-order valence-corrected chi connectivity index (χ0v) is 12.0. The molecule has 1 aromatic rings. The fourth-order valence-corrected chi connectivity index (χ4v) is 2.81. The first kappa shape index (κ1) is 14.2. The van der Waals surface area contributed by atoms with E-state index in [0.717, 1.165) is 43.0 Å². The van der Waals surface area contributed by atoms with Gasteiger partial charge in [-0.05, 0) is 43.5 Å². The summed E-state index contributed by atoms with van der Waals surface area (Å²) in [7, 11) is 5.06. The molecule has 4 heteroatoms. The van der Waals surface area contributed by atoms with Gasteiger partial charge in [-0.2, -0.15) is 0 Å². The highest BCUT2D eigenvalue weighted by Gasteiger charge is 2.22. The summed E-state index contributed by atoms with van der Waals surface area (Å²) in [5.74, 6) is 2.15. The number of benzene rings is 1. The highest BCUT2D eigenvalue weighted by molar-refractivity contribution is 5.51. The lowest BCUT2D eigenvalue weighted by Gasteiger charge is -2.26. The second-order valence-electron chi connectivity index (χ2n) is 4.83. The van der Waals surface area contributed by atoms with E-state index in [1.807, 2.05) is 6.07 Å². The maximum atomic E-state index is 5.53. The van der Waals surface area contributed by atoms with Crippen LogP contribution in [-0.2, 0) is 11.3 Å². The average molecular weight is 265 g/mol. The molecule has 0 saturated carbocycles. The van der Waals surface area contributed by atoms with Crippen LogP contribution in [0.2, 0.25) is 0 Å². The molecule has 0 bridgehead atoms. The van der Waals surface area contributed by atoms with Gasteiger partial charge in [0.25, 0.3) is 0 Å². The normalized spacial score (nSPS) is 16.4. The molecule has 4 nitrogen and oxygen atoms in total. The van der Waals surface area contributed by atoms with Crippen LogP contribution >= 0.6 is 0 Å². The second-order valence-corrected chi connectivity index (χ2v) is 4.83. The Kier molecular flexibility index (Phi) is 5.05. The molecule has 1 heterocycles. The summed E-state index contributed by atoms with van der Waals surface area (Å²) in [6.07, 6.45) is 2.32. The molecule has 1 aliphatic rings. The van der Waals surface area contributed by atoms with Crippen molar-refractivity contribution in [2.75, 3.05) is 34.4 Å². The predicted molar refractivity (Wildman–Crippen MR) is 75.1 cm³/mol.